The minimum atomic E-state index is -0.361. The van der Waals surface area contributed by atoms with Crippen LogP contribution in [0.15, 0.2) is 24.8 Å². The van der Waals surface area contributed by atoms with Gasteiger partial charge in [-0.15, -0.1) is 0 Å². The molecule has 172 valence electrons. The third-order valence-electron chi connectivity index (χ3n) is 7.49. The Kier molecular flexibility index (Phi) is 5.99. The smallest absolute Gasteiger partial charge is 0.243 e. The number of aromatic amines is 1. The molecule has 9 heteroatoms. The molecule has 3 saturated heterocycles. The lowest BCUT2D eigenvalue weighted by Crippen LogP contribution is -2.68. The first kappa shape index (κ1) is 21.2. The van der Waals surface area contributed by atoms with E-state index in [1.54, 1.807) is 12.5 Å². The van der Waals surface area contributed by atoms with E-state index in [1.165, 1.54) is 5.69 Å². The molecule has 5 rings (SSSR count). The van der Waals surface area contributed by atoms with Gasteiger partial charge in [0, 0.05) is 74.8 Å². The molecule has 5 heterocycles. The van der Waals surface area contributed by atoms with Crippen LogP contribution in [0, 0.1) is 18.8 Å². The van der Waals surface area contributed by atoms with E-state index in [9.17, 15) is 9.59 Å². The maximum atomic E-state index is 13.4. The van der Waals surface area contributed by atoms with Crippen molar-refractivity contribution in [3.63, 3.8) is 0 Å². The summed E-state index contributed by atoms with van der Waals surface area (Å²) in [6.45, 7) is 6.25. The molecule has 0 radical (unpaired) electrons. The van der Waals surface area contributed by atoms with E-state index < -0.39 is 0 Å². The van der Waals surface area contributed by atoms with Crippen LogP contribution in [-0.2, 0) is 22.6 Å². The lowest BCUT2D eigenvalue weighted by molar-refractivity contribution is -0.160. The van der Waals surface area contributed by atoms with Gasteiger partial charge in [-0.3, -0.25) is 14.3 Å². The lowest BCUT2D eigenvalue weighted by atomic mass is 9.71. The number of hydrogen-bond acceptors (Lipinski definition) is 5. The molecule has 0 spiro atoms. The Labute approximate surface area is 188 Å². The van der Waals surface area contributed by atoms with Crippen LogP contribution in [0.25, 0.3) is 0 Å². The van der Waals surface area contributed by atoms with Gasteiger partial charge < -0.3 is 20.1 Å². The van der Waals surface area contributed by atoms with Crippen molar-refractivity contribution in [2.45, 2.75) is 57.7 Å². The molecule has 3 fully saturated rings. The van der Waals surface area contributed by atoms with Crippen LogP contribution in [0.1, 0.15) is 37.1 Å². The largest absolute Gasteiger partial charge is 0.354 e. The third-order valence-corrected chi connectivity index (χ3v) is 7.49. The number of imidazole rings is 1. The highest BCUT2D eigenvalue weighted by Crippen LogP contribution is 2.41. The van der Waals surface area contributed by atoms with Crippen molar-refractivity contribution in [3.05, 3.63) is 36.2 Å². The van der Waals surface area contributed by atoms with Crippen LogP contribution in [0.5, 0.6) is 0 Å². The van der Waals surface area contributed by atoms with Crippen LogP contribution in [0.2, 0.25) is 0 Å². The molecule has 2 N–H and O–H groups in total. The van der Waals surface area contributed by atoms with Crippen molar-refractivity contribution >= 4 is 11.8 Å². The number of hydrogen-bond donors (Lipinski definition) is 2. The zero-order chi connectivity index (χ0) is 22.1. The number of likely N-dealkylation sites (tertiary alicyclic amines) is 1. The molecule has 0 aliphatic carbocycles. The van der Waals surface area contributed by atoms with Crippen LogP contribution >= 0.6 is 0 Å². The summed E-state index contributed by atoms with van der Waals surface area (Å²) in [6, 6.07) is 1.85. The normalized spacial score (nSPS) is 27.9. The number of rotatable bonds is 7. The van der Waals surface area contributed by atoms with Gasteiger partial charge in [0.15, 0.2) is 0 Å². The standard InChI is InChI=1S/C23H33N7O2/c1-16-5-8-27-29(16)10-9-28-13-17-11-18(14-28)22(30-20(17)3-2-4-21(30)31)23(32)25-7-6-19-12-24-15-26-19/h5,8,12,15,17-18,20,22H,2-4,6-7,9-11,13-14H2,1H3,(H,24,26)(H,25,32)/t17-,18+,20-,22+/m0/s1. The van der Waals surface area contributed by atoms with Crippen molar-refractivity contribution in [1.29, 1.82) is 0 Å². The fourth-order valence-electron chi connectivity index (χ4n) is 5.99. The molecule has 0 unspecified atom stereocenters. The van der Waals surface area contributed by atoms with Gasteiger partial charge in [0.25, 0.3) is 0 Å². The molecule has 4 atom stereocenters. The number of amides is 2. The Balaban J connectivity index is 1.28. The van der Waals surface area contributed by atoms with E-state index >= 15 is 0 Å². The van der Waals surface area contributed by atoms with E-state index in [0.717, 1.165) is 51.1 Å². The number of H-pyrrole nitrogens is 1. The predicted molar refractivity (Wildman–Crippen MR) is 119 cm³/mol. The number of piperidine rings is 3. The van der Waals surface area contributed by atoms with Crippen molar-refractivity contribution in [1.82, 2.24) is 34.9 Å². The van der Waals surface area contributed by atoms with Gasteiger partial charge in [-0.05, 0) is 38.2 Å². The lowest BCUT2D eigenvalue weighted by Gasteiger charge is -2.55. The van der Waals surface area contributed by atoms with Crippen molar-refractivity contribution in [2.24, 2.45) is 11.8 Å². The highest BCUT2D eigenvalue weighted by molar-refractivity contribution is 5.89. The number of carbonyl (C=O) groups excluding carboxylic acids is 2. The molecule has 2 bridgehead atoms. The minimum absolute atomic E-state index is 0.00186. The molecule has 0 aromatic carbocycles. The molecule has 9 nitrogen and oxygen atoms in total. The molecule has 3 aliphatic heterocycles. The average Bonchev–Trinajstić information content (AvgIpc) is 3.45. The Morgan fingerprint density at radius 2 is 2.16 bits per heavy atom. The average molecular weight is 440 g/mol. The highest BCUT2D eigenvalue weighted by Gasteiger charge is 2.51. The highest BCUT2D eigenvalue weighted by atomic mass is 16.2. The fourth-order valence-corrected chi connectivity index (χ4v) is 5.99. The molecule has 2 aromatic rings. The van der Waals surface area contributed by atoms with Gasteiger partial charge in [0.2, 0.25) is 11.8 Å². The Hall–Kier alpha value is -2.68. The maximum absolute atomic E-state index is 13.4. The zero-order valence-electron chi connectivity index (χ0n) is 18.7. The van der Waals surface area contributed by atoms with Gasteiger partial charge in [-0.1, -0.05) is 0 Å². The van der Waals surface area contributed by atoms with E-state index in [2.05, 4.69) is 32.2 Å². The summed E-state index contributed by atoms with van der Waals surface area (Å²) in [4.78, 5) is 37.9. The number of aromatic nitrogens is 4. The summed E-state index contributed by atoms with van der Waals surface area (Å²) in [6.07, 6.45) is 9.52. The van der Waals surface area contributed by atoms with Gasteiger partial charge in [-0.25, -0.2) is 4.98 Å². The first-order valence-electron chi connectivity index (χ1n) is 11.9. The van der Waals surface area contributed by atoms with Gasteiger partial charge in [-0.2, -0.15) is 5.10 Å². The first-order valence-corrected chi connectivity index (χ1v) is 11.9. The Morgan fingerprint density at radius 3 is 2.94 bits per heavy atom. The minimum Gasteiger partial charge on any atom is -0.354 e. The topological polar surface area (TPSA) is 99.2 Å². The third kappa shape index (κ3) is 4.18. The quantitative estimate of drug-likeness (QED) is 0.670. The second kappa shape index (κ2) is 9.05. The summed E-state index contributed by atoms with van der Waals surface area (Å²) >= 11 is 0. The number of nitrogens with zero attached hydrogens (tertiary/aromatic N) is 5. The molecule has 2 aromatic heterocycles. The van der Waals surface area contributed by atoms with Gasteiger partial charge in [0.05, 0.1) is 12.9 Å². The van der Waals surface area contributed by atoms with Gasteiger partial charge in [0.1, 0.15) is 6.04 Å². The maximum Gasteiger partial charge on any atom is 0.243 e. The van der Waals surface area contributed by atoms with E-state index in [4.69, 9.17) is 0 Å². The monoisotopic (exact) mass is 439 g/mol. The SMILES string of the molecule is Cc1ccnn1CCN1C[C@@H]2C[C@H](C1)[C@H](C(=O)NCCc1cnc[nH]1)N1C(=O)CCC[C@@H]21. The first-order chi connectivity index (χ1) is 15.6. The summed E-state index contributed by atoms with van der Waals surface area (Å²) in [7, 11) is 0. The van der Waals surface area contributed by atoms with Crippen molar-refractivity contribution in [2.75, 3.05) is 26.2 Å². The molecular formula is C23H33N7O2. The molecular weight excluding hydrogens is 406 g/mol. The second-order valence-electron chi connectivity index (χ2n) is 9.53. The molecule has 3 aliphatic rings. The Bertz CT molecular complexity index is 940. The second-order valence-corrected chi connectivity index (χ2v) is 9.53. The van der Waals surface area contributed by atoms with Gasteiger partial charge >= 0.3 is 0 Å². The summed E-state index contributed by atoms with van der Waals surface area (Å²) in [5, 5.41) is 7.52. The molecule has 32 heavy (non-hydrogen) atoms. The van der Waals surface area contributed by atoms with Crippen LogP contribution in [0.3, 0.4) is 0 Å². The summed E-state index contributed by atoms with van der Waals surface area (Å²) in [5.74, 6) is 0.784. The fraction of sp³-hybridized carbons (Fsp3) is 0.652. The van der Waals surface area contributed by atoms with E-state index in [0.29, 0.717) is 25.3 Å². The van der Waals surface area contributed by atoms with Crippen molar-refractivity contribution in [3.8, 4) is 0 Å². The zero-order valence-corrected chi connectivity index (χ0v) is 18.7. The number of aryl methyl sites for hydroxylation is 1. The number of fused-ring (bicyclic) bond motifs is 4. The van der Waals surface area contributed by atoms with E-state index in [-0.39, 0.29) is 29.8 Å². The molecule has 2 amide bonds. The van der Waals surface area contributed by atoms with Crippen LogP contribution < -0.4 is 5.32 Å². The predicted octanol–water partition coefficient (Wildman–Crippen LogP) is 0.975. The molecule has 0 saturated carbocycles. The number of carbonyl (C=O) groups is 2. The van der Waals surface area contributed by atoms with E-state index in [1.807, 2.05) is 21.8 Å². The van der Waals surface area contributed by atoms with Crippen LogP contribution in [-0.4, -0.2) is 79.6 Å². The Morgan fingerprint density at radius 1 is 1.28 bits per heavy atom. The number of nitrogens with one attached hydrogen (secondary N) is 2. The summed E-state index contributed by atoms with van der Waals surface area (Å²) < 4.78 is 2.04. The van der Waals surface area contributed by atoms with Crippen molar-refractivity contribution < 1.29 is 9.59 Å². The van der Waals surface area contributed by atoms with Crippen LogP contribution in [0.4, 0.5) is 0 Å². The summed E-state index contributed by atoms with van der Waals surface area (Å²) in [5.41, 5.74) is 2.17.